The molecule has 0 amide bonds. The SMILES string of the molecule is N/C(=N/O)c1ccnc(N2CCCCC2)c1Cl. The van der Waals surface area contributed by atoms with Crippen LogP contribution in [0.4, 0.5) is 5.82 Å². The minimum Gasteiger partial charge on any atom is -0.409 e. The molecule has 1 aliphatic rings. The van der Waals surface area contributed by atoms with Crippen LogP contribution in [0.5, 0.6) is 0 Å². The maximum absolute atomic E-state index is 8.68. The molecule has 0 saturated carbocycles. The number of pyridine rings is 1. The molecular formula is C11H15ClN4O. The van der Waals surface area contributed by atoms with E-state index >= 15 is 0 Å². The molecule has 3 N–H and O–H groups in total. The van der Waals surface area contributed by atoms with Crippen LogP contribution in [0.25, 0.3) is 0 Å². The van der Waals surface area contributed by atoms with Gasteiger partial charge in [-0.05, 0) is 25.3 Å². The van der Waals surface area contributed by atoms with Crippen molar-refractivity contribution < 1.29 is 5.21 Å². The molecule has 1 aromatic rings. The molecule has 17 heavy (non-hydrogen) atoms. The van der Waals surface area contributed by atoms with E-state index in [0.717, 1.165) is 31.7 Å². The third kappa shape index (κ3) is 2.44. The fourth-order valence-electron chi connectivity index (χ4n) is 2.01. The van der Waals surface area contributed by atoms with E-state index in [1.165, 1.54) is 6.42 Å². The van der Waals surface area contributed by atoms with E-state index in [4.69, 9.17) is 22.5 Å². The largest absolute Gasteiger partial charge is 0.409 e. The van der Waals surface area contributed by atoms with Crippen LogP contribution in [0.2, 0.25) is 5.02 Å². The summed E-state index contributed by atoms with van der Waals surface area (Å²) in [7, 11) is 0. The summed E-state index contributed by atoms with van der Waals surface area (Å²) >= 11 is 6.24. The van der Waals surface area contributed by atoms with E-state index < -0.39 is 0 Å². The molecule has 1 aliphatic heterocycles. The van der Waals surface area contributed by atoms with Gasteiger partial charge < -0.3 is 15.8 Å². The highest BCUT2D eigenvalue weighted by Crippen LogP contribution is 2.28. The van der Waals surface area contributed by atoms with Gasteiger partial charge in [0.05, 0.1) is 5.02 Å². The van der Waals surface area contributed by atoms with Gasteiger partial charge >= 0.3 is 0 Å². The van der Waals surface area contributed by atoms with Crippen LogP contribution in [0.1, 0.15) is 24.8 Å². The lowest BCUT2D eigenvalue weighted by molar-refractivity contribution is 0.318. The highest BCUT2D eigenvalue weighted by molar-refractivity contribution is 6.36. The molecule has 0 atom stereocenters. The van der Waals surface area contributed by atoms with Crippen molar-refractivity contribution >= 4 is 23.3 Å². The van der Waals surface area contributed by atoms with Crippen LogP contribution in [-0.2, 0) is 0 Å². The first-order valence-corrected chi connectivity index (χ1v) is 5.99. The number of aromatic nitrogens is 1. The fourth-order valence-corrected chi connectivity index (χ4v) is 2.34. The normalized spacial score (nSPS) is 17.2. The van der Waals surface area contributed by atoms with E-state index in [9.17, 15) is 0 Å². The molecule has 1 fully saturated rings. The molecule has 0 aliphatic carbocycles. The number of piperidine rings is 1. The number of hydrogen-bond donors (Lipinski definition) is 2. The summed E-state index contributed by atoms with van der Waals surface area (Å²) in [5.41, 5.74) is 6.08. The van der Waals surface area contributed by atoms with Gasteiger partial charge in [-0.15, -0.1) is 0 Å². The summed E-state index contributed by atoms with van der Waals surface area (Å²) in [6.07, 6.45) is 5.16. The van der Waals surface area contributed by atoms with Gasteiger partial charge in [0, 0.05) is 24.8 Å². The summed E-state index contributed by atoms with van der Waals surface area (Å²) in [4.78, 5) is 6.42. The Morgan fingerprint density at radius 3 is 2.76 bits per heavy atom. The van der Waals surface area contributed by atoms with Gasteiger partial charge in [0.1, 0.15) is 5.82 Å². The Balaban J connectivity index is 2.34. The molecule has 6 heteroatoms. The van der Waals surface area contributed by atoms with Crippen molar-refractivity contribution in [3.8, 4) is 0 Å². The van der Waals surface area contributed by atoms with Crippen molar-refractivity contribution in [1.82, 2.24) is 4.98 Å². The first kappa shape index (κ1) is 12.0. The van der Waals surface area contributed by atoms with Crippen LogP contribution >= 0.6 is 11.6 Å². The predicted octanol–water partition coefficient (Wildman–Crippen LogP) is 1.82. The summed E-state index contributed by atoms with van der Waals surface area (Å²) in [5.74, 6) is 0.728. The zero-order chi connectivity index (χ0) is 12.3. The standard InChI is InChI=1S/C11H15ClN4O/c12-9-8(10(13)15-17)4-5-14-11(9)16-6-2-1-3-7-16/h4-5,17H,1-3,6-7H2,(H2,13,15). The van der Waals surface area contributed by atoms with E-state index in [1.54, 1.807) is 12.3 Å². The van der Waals surface area contributed by atoms with E-state index in [-0.39, 0.29) is 5.84 Å². The summed E-state index contributed by atoms with van der Waals surface area (Å²) in [6.45, 7) is 1.90. The molecule has 0 bridgehead atoms. The van der Waals surface area contributed by atoms with Crippen molar-refractivity contribution in [1.29, 1.82) is 0 Å². The van der Waals surface area contributed by atoms with Crippen LogP contribution in [0.3, 0.4) is 0 Å². The first-order chi connectivity index (χ1) is 8.24. The molecule has 1 saturated heterocycles. The molecule has 0 radical (unpaired) electrons. The van der Waals surface area contributed by atoms with Gasteiger partial charge in [-0.1, -0.05) is 16.8 Å². The van der Waals surface area contributed by atoms with Gasteiger partial charge in [-0.25, -0.2) is 4.98 Å². The first-order valence-electron chi connectivity index (χ1n) is 5.61. The Hall–Kier alpha value is -1.49. The van der Waals surface area contributed by atoms with Crippen molar-refractivity contribution in [2.45, 2.75) is 19.3 Å². The molecule has 5 nitrogen and oxygen atoms in total. The molecule has 0 aromatic carbocycles. The maximum Gasteiger partial charge on any atom is 0.171 e. The van der Waals surface area contributed by atoms with Gasteiger partial charge in [0.15, 0.2) is 5.84 Å². The molecule has 2 rings (SSSR count). The third-order valence-corrected chi connectivity index (χ3v) is 3.28. The Kier molecular flexibility index (Phi) is 3.68. The zero-order valence-corrected chi connectivity index (χ0v) is 10.2. The minimum absolute atomic E-state index is 0.00987. The Bertz CT molecular complexity index is 429. The van der Waals surface area contributed by atoms with Crippen molar-refractivity contribution in [2.24, 2.45) is 10.9 Å². The predicted molar refractivity (Wildman–Crippen MR) is 67.8 cm³/mol. The molecule has 1 aromatic heterocycles. The number of hydrogen-bond acceptors (Lipinski definition) is 4. The Morgan fingerprint density at radius 2 is 2.12 bits per heavy atom. The Morgan fingerprint density at radius 1 is 1.41 bits per heavy atom. The van der Waals surface area contributed by atoms with Gasteiger partial charge in [0.2, 0.25) is 0 Å². The van der Waals surface area contributed by atoms with Crippen LogP contribution < -0.4 is 10.6 Å². The lowest BCUT2D eigenvalue weighted by atomic mass is 10.1. The smallest absolute Gasteiger partial charge is 0.171 e. The van der Waals surface area contributed by atoms with E-state index in [2.05, 4.69) is 15.0 Å². The number of rotatable bonds is 2. The number of nitrogens with zero attached hydrogens (tertiary/aromatic N) is 3. The lowest BCUT2D eigenvalue weighted by Crippen LogP contribution is -2.31. The van der Waals surface area contributed by atoms with Crippen molar-refractivity contribution in [3.63, 3.8) is 0 Å². The number of nitrogens with two attached hydrogens (primary N) is 1. The monoisotopic (exact) mass is 254 g/mol. The molecule has 2 heterocycles. The molecule has 92 valence electrons. The van der Waals surface area contributed by atoms with Crippen LogP contribution in [-0.4, -0.2) is 29.1 Å². The topological polar surface area (TPSA) is 74.7 Å². The number of halogens is 1. The third-order valence-electron chi connectivity index (χ3n) is 2.91. The van der Waals surface area contributed by atoms with Crippen molar-refractivity contribution in [2.75, 3.05) is 18.0 Å². The second kappa shape index (κ2) is 5.23. The number of amidine groups is 1. The van der Waals surface area contributed by atoms with Crippen LogP contribution in [0, 0.1) is 0 Å². The zero-order valence-electron chi connectivity index (χ0n) is 9.43. The summed E-state index contributed by atoms with van der Waals surface area (Å²) in [5, 5.41) is 12.1. The number of oxime groups is 1. The molecular weight excluding hydrogens is 240 g/mol. The average Bonchev–Trinajstić information content (AvgIpc) is 2.39. The van der Waals surface area contributed by atoms with E-state index in [1.807, 2.05) is 0 Å². The minimum atomic E-state index is 0.00987. The van der Waals surface area contributed by atoms with Gasteiger partial charge in [0.25, 0.3) is 0 Å². The van der Waals surface area contributed by atoms with E-state index in [0.29, 0.717) is 10.6 Å². The Labute approximate surface area is 105 Å². The molecule has 0 spiro atoms. The fraction of sp³-hybridized carbons (Fsp3) is 0.455. The highest BCUT2D eigenvalue weighted by Gasteiger charge is 2.18. The van der Waals surface area contributed by atoms with Crippen LogP contribution in [0.15, 0.2) is 17.4 Å². The summed E-state index contributed by atoms with van der Waals surface area (Å²) < 4.78 is 0. The number of anilines is 1. The average molecular weight is 255 g/mol. The summed E-state index contributed by atoms with van der Waals surface area (Å²) in [6, 6.07) is 1.64. The molecule has 0 unspecified atom stereocenters. The quantitative estimate of drug-likeness (QED) is 0.365. The van der Waals surface area contributed by atoms with Crippen molar-refractivity contribution in [3.05, 3.63) is 22.8 Å². The highest BCUT2D eigenvalue weighted by atomic mass is 35.5. The van der Waals surface area contributed by atoms with Gasteiger partial charge in [-0.3, -0.25) is 0 Å². The second-order valence-corrected chi connectivity index (χ2v) is 4.41. The second-order valence-electron chi connectivity index (χ2n) is 4.03. The lowest BCUT2D eigenvalue weighted by Gasteiger charge is -2.28. The van der Waals surface area contributed by atoms with Gasteiger partial charge in [-0.2, -0.15) is 0 Å². The maximum atomic E-state index is 8.68.